The molecule has 0 radical (unpaired) electrons. The van der Waals surface area contributed by atoms with Crippen molar-refractivity contribution in [3.05, 3.63) is 29.3 Å². The monoisotopic (exact) mass is 331 g/mol. The van der Waals surface area contributed by atoms with Crippen molar-refractivity contribution in [3.63, 3.8) is 0 Å². The predicted molar refractivity (Wildman–Crippen MR) is 85.8 cm³/mol. The first-order valence-electron chi connectivity index (χ1n) is 6.68. The van der Waals surface area contributed by atoms with Gasteiger partial charge in [0.05, 0.1) is 0 Å². The largest absolute Gasteiger partial charge is 0.355 e. The first-order chi connectivity index (χ1) is 9.63. The number of amides is 2. The van der Waals surface area contributed by atoms with Crippen molar-refractivity contribution in [1.29, 1.82) is 0 Å². The normalized spacial score (nSPS) is 17.5. The molecule has 3 N–H and O–H groups in total. The van der Waals surface area contributed by atoms with Crippen molar-refractivity contribution in [2.24, 2.45) is 11.7 Å². The van der Waals surface area contributed by atoms with Crippen LogP contribution in [0.1, 0.15) is 12.8 Å². The molecule has 1 aliphatic heterocycles. The highest BCUT2D eigenvalue weighted by molar-refractivity contribution is 6.31. The molecule has 1 aromatic rings. The lowest BCUT2D eigenvalue weighted by molar-refractivity contribution is -0.132. The summed E-state index contributed by atoms with van der Waals surface area (Å²) in [6, 6.07) is 7.09. The van der Waals surface area contributed by atoms with Crippen LogP contribution in [-0.4, -0.2) is 31.4 Å². The molecule has 1 unspecified atom stereocenters. The molecule has 2 amide bonds. The topological polar surface area (TPSA) is 75.4 Å². The zero-order chi connectivity index (χ0) is 14.5. The minimum absolute atomic E-state index is 0. The minimum Gasteiger partial charge on any atom is -0.355 e. The van der Waals surface area contributed by atoms with Gasteiger partial charge in [0.15, 0.2) is 0 Å². The highest BCUT2D eigenvalue weighted by atomic mass is 35.5. The summed E-state index contributed by atoms with van der Waals surface area (Å²) in [5, 5.41) is 3.32. The summed E-state index contributed by atoms with van der Waals surface area (Å²) in [6.45, 7) is 1.57. The van der Waals surface area contributed by atoms with Crippen LogP contribution >= 0.6 is 24.0 Å². The third-order valence-corrected chi connectivity index (χ3v) is 3.56. The molecule has 7 heteroatoms. The molecule has 1 heterocycles. The number of carbonyl (C=O) groups excluding carboxylic acids is 2. The summed E-state index contributed by atoms with van der Waals surface area (Å²) in [5.41, 5.74) is 6.10. The fraction of sp³-hybridized carbons (Fsp3) is 0.429. The van der Waals surface area contributed by atoms with Crippen LogP contribution in [0.5, 0.6) is 0 Å². The summed E-state index contributed by atoms with van der Waals surface area (Å²) in [7, 11) is 0. The third kappa shape index (κ3) is 4.33. The van der Waals surface area contributed by atoms with Crippen LogP contribution in [0.15, 0.2) is 24.3 Å². The Bertz CT molecular complexity index is 511. The molecule has 1 saturated heterocycles. The van der Waals surface area contributed by atoms with E-state index in [1.54, 1.807) is 23.1 Å². The Balaban J connectivity index is 0.00000220. The Hall–Kier alpha value is -1.30. The predicted octanol–water partition coefficient (Wildman–Crippen LogP) is 1.58. The van der Waals surface area contributed by atoms with E-state index < -0.39 is 5.92 Å². The molecule has 0 aliphatic carbocycles. The average molecular weight is 332 g/mol. The zero-order valence-electron chi connectivity index (χ0n) is 11.5. The number of nitrogens with zero attached hydrogens (tertiary/aromatic N) is 1. The second kappa shape index (κ2) is 8.22. The average Bonchev–Trinajstić information content (AvgIpc) is 2.81. The van der Waals surface area contributed by atoms with Gasteiger partial charge in [-0.1, -0.05) is 17.7 Å². The smallest absolute Gasteiger partial charge is 0.239 e. The number of nitrogens with two attached hydrogens (primary N) is 1. The van der Waals surface area contributed by atoms with Crippen LogP contribution in [-0.2, 0) is 9.59 Å². The van der Waals surface area contributed by atoms with Crippen molar-refractivity contribution in [1.82, 2.24) is 5.32 Å². The van der Waals surface area contributed by atoms with E-state index in [0.29, 0.717) is 37.5 Å². The van der Waals surface area contributed by atoms with Gasteiger partial charge in [0.2, 0.25) is 11.8 Å². The molecule has 2 rings (SSSR count). The van der Waals surface area contributed by atoms with Crippen molar-refractivity contribution < 1.29 is 9.59 Å². The van der Waals surface area contributed by atoms with Gasteiger partial charge >= 0.3 is 0 Å². The summed E-state index contributed by atoms with van der Waals surface area (Å²) < 4.78 is 0. The number of benzene rings is 1. The van der Waals surface area contributed by atoms with Crippen molar-refractivity contribution in [2.75, 3.05) is 24.5 Å². The van der Waals surface area contributed by atoms with Gasteiger partial charge in [-0.25, -0.2) is 0 Å². The molecule has 0 aromatic heterocycles. The molecule has 1 fully saturated rings. The van der Waals surface area contributed by atoms with Crippen molar-refractivity contribution in [3.8, 4) is 0 Å². The molecule has 1 aliphatic rings. The zero-order valence-corrected chi connectivity index (χ0v) is 13.1. The standard InChI is InChI=1S/C14H18ClN3O2.ClH/c15-10-3-1-4-11(9-10)18-8-5-12(14(18)20)13(19)17-7-2-6-16;/h1,3-4,9,12H,2,5-8,16H2,(H,17,19);1H. The second-order valence-electron chi connectivity index (χ2n) is 4.74. The van der Waals surface area contributed by atoms with Gasteiger partial charge in [0.25, 0.3) is 0 Å². The Labute approximate surface area is 135 Å². The quantitative estimate of drug-likeness (QED) is 0.635. The number of hydrogen-bond donors (Lipinski definition) is 2. The van der Waals surface area contributed by atoms with Crippen LogP contribution in [0.3, 0.4) is 0 Å². The molecule has 0 saturated carbocycles. The summed E-state index contributed by atoms with van der Waals surface area (Å²) in [6.07, 6.45) is 1.24. The van der Waals surface area contributed by atoms with Crippen LogP contribution in [0, 0.1) is 5.92 Å². The van der Waals surface area contributed by atoms with Crippen LogP contribution in [0.2, 0.25) is 5.02 Å². The fourth-order valence-corrected chi connectivity index (χ4v) is 2.44. The van der Waals surface area contributed by atoms with Crippen molar-refractivity contribution in [2.45, 2.75) is 12.8 Å². The number of anilines is 1. The Morgan fingerprint density at radius 3 is 2.90 bits per heavy atom. The first kappa shape index (κ1) is 17.8. The molecule has 116 valence electrons. The molecule has 5 nitrogen and oxygen atoms in total. The maximum Gasteiger partial charge on any atom is 0.239 e. The van der Waals surface area contributed by atoms with E-state index in [4.69, 9.17) is 17.3 Å². The maximum atomic E-state index is 12.3. The molecular weight excluding hydrogens is 313 g/mol. The molecule has 21 heavy (non-hydrogen) atoms. The second-order valence-corrected chi connectivity index (χ2v) is 5.18. The number of halogens is 2. The number of carbonyl (C=O) groups is 2. The summed E-state index contributed by atoms with van der Waals surface area (Å²) in [5.74, 6) is -0.989. The molecule has 1 aromatic carbocycles. The Kier molecular flexibility index (Phi) is 6.95. The van der Waals surface area contributed by atoms with Gasteiger partial charge < -0.3 is 16.0 Å². The summed E-state index contributed by atoms with van der Waals surface area (Å²) >= 11 is 5.93. The highest BCUT2D eigenvalue weighted by Crippen LogP contribution is 2.27. The van der Waals surface area contributed by atoms with E-state index in [-0.39, 0.29) is 24.2 Å². The van der Waals surface area contributed by atoms with Crippen molar-refractivity contribution >= 4 is 41.5 Å². The maximum absolute atomic E-state index is 12.3. The summed E-state index contributed by atoms with van der Waals surface area (Å²) in [4.78, 5) is 25.8. The van der Waals surface area contributed by atoms with E-state index in [9.17, 15) is 9.59 Å². The molecule has 0 spiro atoms. The van der Waals surface area contributed by atoms with Gasteiger partial charge in [-0.3, -0.25) is 9.59 Å². The van der Waals surface area contributed by atoms with E-state index in [0.717, 1.165) is 5.69 Å². The lowest BCUT2D eigenvalue weighted by atomic mass is 10.1. The Morgan fingerprint density at radius 1 is 1.48 bits per heavy atom. The van der Waals surface area contributed by atoms with E-state index in [2.05, 4.69) is 5.32 Å². The van der Waals surface area contributed by atoms with Gasteiger partial charge in [-0.2, -0.15) is 0 Å². The number of rotatable bonds is 5. The number of hydrogen-bond acceptors (Lipinski definition) is 3. The van der Waals surface area contributed by atoms with Gasteiger partial charge in [0, 0.05) is 23.8 Å². The van der Waals surface area contributed by atoms with Crippen LogP contribution < -0.4 is 16.0 Å². The lowest BCUT2D eigenvalue weighted by Gasteiger charge is -2.17. The number of nitrogens with one attached hydrogen (secondary N) is 1. The molecular formula is C14H19Cl2N3O2. The minimum atomic E-state index is -0.605. The fourth-order valence-electron chi connectivity index (χ4n) is 2.26. The van der Waals surface area contributed by atoms with E-state index in [1.165, 1.54) is 0 Å². The first-order valence-corrected chi connectivity index (χ1v) is 7.06. The van der Waals surface area contributed by atoms with Gasteiger partial charge in [-0.05, 0) is 37.6 Å². The lowest BCUT2D eigenvalue weighted by Crippen LogP contribution is -2.37. The molecule has 0 bridgehead atoms. The van der Waals surface area contributed by atoms with E-state index >= 15 is 0 Å². The van der Waals surface area contributed by atoms with E-state index in [1.807, 2.05) is 6.07 Å². The van der Waals surface area contributed by atoms with Crippen LogP contribution in [0.25, 0.3) is 0 Å². The van der Waals surface area contributed by atoms with Crippen LogP contribution in [0.4, 0.5) is 5.69 Å². The van der Waals surface area contributed by atoms with Gasteiger partial charge in [0.1, 0.15) is 5.92 Å². The van der Waals surface area contributed by atoms with Gasteiger partial charge in [-0.15, -0.1) is 12.4 Å². The molecule has 1 atom stereocenters. The SMILES string of the molecule is Cl.NCCCNC(=O)C1CCN(c2cccc(Cl)c2)C1=O. The third-order valence-electron chi connectivity index (χ3n) is 3.32. The Morgan fingerprint density at radius 2 is 2.24 bits per heavy atom. The highest BCUT2D eigenvalue weighted by Gasteiger charge is 2.37.